The Hall–Kier alpha value is -1.07. The van der Waals surface area contributed by atoms with E-state index in [0.29, 0.717) is 35.5 Å². The van der Waals surface area contributed by atoms with Gasteiger partial charge < -0.3 is 9.08 Å². The van der Waals surface area contributed by atoms with Gasteiger partial charge in [-0.3, -0.25) is 0 Å². The van der Waals surface area contributed by atoms with Gasteiger partial charge in [-0.2, -0.15) is 21.6 Å². The molecule has 0 radical (unpaired) electrons. The van der Waals surface area contributed by atoms with Gasteiger partial charge in [0.2, 0.25) is 0 Å². The van der Waals surface area contributed by atoms with E-state index in [2.05, 4.69) is 39.2 Å². The first-order chi connectivity index (χ1) is 22.9. The fourth-order valence-corrected chi connectivity index (χ4v) is 15.5. The van der Waals surface area contributed by atoms with E-state index in [0.717, 1.165) is 64.6 Å². The number of halogens is 3. The summed E-state index contributed by atoms with van der Waals surface area (Å²) < 4.78 is 93.3. The van der Waals surface area contributed by atoms with E-state index in [-0.39, 0.29) is 33.2 Å². The molecule has 0 aromatic rings. The summed E-state index contributed by atoms with van der Waals surface area (Å²) in [5, 5.41) is -0.200. The van der Waals surface area contributed by atoms with E-state index < -0.39 is 30.9 Å². The van der Waals surface area contributed by atoms with Crippen molar-refractivity contribution in [3.63, 3.8) is 0 Å². The van der Waals surface area contributed by atoms with Crippen LogP contribution in [0, 0.1) is 56.7 Å². The minimum atomic E-state index is -5.73. The van der Waals surface area contributed by atoms with Crippen molar-refractivity contribution in [1.29, 1.82) is 0 Å². The highest BCUT2D eigenvalue weighted by atomic mass is 32.2. The number of sulfone groups is 1. The van der Waals surface area contributed by atoms with Gasteiger partial charge in [-0.05, 0) is 167 Å². The third kappa shape index (κ3) is 5.96. The number of alkyl halides is 3. The van der Waals surface area contributed by atoms with Crippen LogP contribution in [0.4, 0.5) is 13.2 Å². The second kappa shape index (κ2) is 12.5. The SMILES string of the molecule is C=C(C)[C@@H]1CC[C@]2(CCCN3CCC(S(C)(=O)=O)CC3)CC[C@]3(C)[C@H](CC[C@@H]4[C@@]5(C)CC=C(OS(=O)(=O)C(F)(F)F)C(C)(C)[C@@H]5CC[C@]43C)[C@@H]12. The number of fused-ring (bicyclic) bond motifs is 7. The second-order valence-corrected chi connectivity index (χ2v) is 22.9. The van der Waals surface area contributed by atoms with Crippen LogP contribution in [-0.2, 0) is 24.1 Å². The van der Waals surface area contributed by atoms with Gasteiger partial charge in [-0.25, -0.2) is 8.42 Å². The summed E-state index contributed by atoms with van der Waals surface area (Å²) in [4.78, 5) is 2.48. The predicted molar refractivity (Wildman–Crippen MR) is 192 cm³/mol. The molecular weight excluding hydrogens is 684 g/mol. The molecule has 286 valence electrons. The zero-order valence-corrected chi connectivity index (χ0v) is 33.1. The number of hydrogen-bond donors (Lipinski definition) is 0. The highest BCUT2D eigenvalue weighted by Crippen LogP contribution is 2.78. The summed E-state index contributed by atoms with van der Waals surface area (Å²) in [6, 6.07) is 0. The Labute approximate surface area is 300 Å². The predicted octanol–water partition coefficient (Wildman–Crippen LogP) is 9.29. The van der Waals surface area contributed by atoms with Crippen LogP contribution < -0.4 is 0 Å². The quantitative estimate of drug-likeness (QED) is 0.140. The molecule has 1 aliphatic heterocycles. The van der Waals surface area contributed by atoms with Crippen LogP contribution in [-0.4, -0.2) is 58.4 Å². The van der Waals surface area contributed by atoms with Crippen molar-refractivity contribution in [3.8, 4) is 0 Å². The van der Waals surface area contributed by atoms with Crippen molar-refractivity contribution >= 4 is 20.0 Å². The Morgan fingerprint density at radius 2 is 1.56 bits per heavy atom. The third-order valence-corrected chi connectivity index (χ3v) is 19.2. The van der Waals surface area contributed by atoms with E-state index in [4.69, 9.17) is 4.18 Å². The Bertz CT molecular complexity index is 1600. The van der Waals surface area contributed by atoms with Crippen LogP contribution in [0.3, 0.4) is 0 Å². The van der Waals surface area contributed by atoms with Crippen molar-refractivity contribution in [1.82, 2.24) is 4.90 Å². The van der Waals surface area contributed by atoms with Gasteiger partial charge in [0.25, 0.3) is 0 Å². The molecule has 0 amide bonds. The van der Waals surface area contributed by atoms with Crippen molar-refractivity contribution in [3.05, 3.63) is 24.0 Å². The summed E-state index contributed by atoms with van der Waals surface area (Å²) in [5.41, 5.74) is -4.70. The topological polar surface area (TPSA) is 80.8 Å². The molecule has 0 aromatic heterocycles. The molecule has 0 bridgehead atoms. The van der Waals surface area contributed by atoms with Crippen LogP contribution in [0.15, 0.2) is 24.0 Å². The minimum Gasteiger partial charge on any atom is -0.380 e. The Morgan fingerprint density at radius 1 is 0.900 bits per heavy atom. The molecule has 6 aliphatic rings. The summed E-state index contributed by atoms with van der Waals surface area (Å²) in [6.07, 6.45) is 16.3. The fraction of sp³-hybridized carbons (Fsp3) is 0.897. The minimum absolute atomic E-state index is 0.0106. The molecule has 5 aliphatic carbocycles. The average molecular weight is 746 g/mol. The molecule has 9 atom stereocenters. The smallest absolute Gasteiger partial charge is 0.380 e. The van der Waals surface area contributed by atoms with Gasteiger partial charge >= 0.3 is 15.6 Å². The van der Waals surface area contributed by atoms with Crippen molar-refractivity contribution < 1.29 is 34.2 Å². The molecule has 4 saturated carbocycles. The largest absolute Gasteiger partial charge is 0.534 e. The number of hydrogen-bond acceptors (Lipinski definition) is 6. The first-order valence-electron chi connectivity index (χ1n) is 19.2. The van der Waals surface area contributed by atoms with Crippen LogP contribution in [0.25, 0.3) is 0 Å². The molecule has 6 nitrogen and oxygen atoms in total. The lowest BCUT2D eigenvalue weighted by Crippen LogP contribution is -2.65. The molecule has 11 heteroatoms. The van der Waals surface area contributed by atoms with E-state index >= 15 is 0 Å². The zero-order chi connectivity index (χ0) is 36.9. The molecule has 1 saturated heterocycles. The molecular formula is C39H62F3NO5S2. The fourth-order valence-electron chi connectivity index (χ4n) is 13.8. The lowest BCUT2D eigenvalue weighted by molar-refractivity contribution is -0.229. The van der Waals surface area contributed by atoms with Crippen LogP contribution in [0.1, 0.15) is 125 Å². The van der Waals surface area contributed by atoms with E-state index in [1.807, 2.05) is 13.8 Å². The van der Waals surface area contributed by atoms with E-state index in [1.54, 1.807) is 6.08 Å². The van der Waals surface area contributed by atoms with E-state index in [1.165, 1.54) is 43.9 Å². The third-order valence-electron chi connectivity index (χ3n) is 16.5. The maximum absolute atomic E-state index is 13.4. The highest BCUT2D eigenvalue weighted by molar-refractivity contribution is 7.91. The Kier molecular flexibility index (Phi) is 9.66. The molecule has 0 spiro atoms. The first kappa shape index (κ1) is 38.6. The van der Waals surface area contributed by atoms with Gasteiger partial charge in [0, 0.05) is 11.7 Å². The molecule has 0 aromatic carbocycles. The Morgan fingerprint density at radius 3 is 2.16 bits per heavy atom. The maximum Gasteiger partial charge on any atom is 0.534 e. The second-order valence-electron chi connectivity index (χ2n) is 19.0. The van der Waals surface area contributed by atoms with Crippen LogP contribution in [0.2, 0.25) is 0 Å². The zero-order valence-electron chi connectivity index (χ0n) is 31.5. The number of nitrogens with zero attached hydrogens (tertiary/aromatic N) is 1. The Balaban J connectivity index is 1.23. The number of rotatable bonds is 8. The lowest BCUT2D eigenvalue weighted by atomic mass is 9.32. The summed E-state index contributed by atoms with van der Waals surface area (Å²) in [6.45, 7) is 20.7. The van der Waals surface area contributed by atoms with Gasteiger partial charge in [-0.15, -0.1) is 0 Å². The van der Waals surface area contributed by atoms with Crippen LogP contribution in [0.5, 0.6) is 0 Å². The normalized spacial score (nSPS) is 42.4. The number of likely N-dealkylation sites (tertiary alicyclic amines) is 1. The molecule has 0 N–H and O–H groups in total. The monoisotopic (exact) mass is 745 g/mol. The van der Waals surface area contributed by atoms with Crippen LogP contribution >= 0.6 is 0 Å². The highest BCUT2D eigenvalue weighted by Gasteiger charge is 2.70. The lowest BCUT2D eigenvalue weighted by Gasteiger charge is -2.72. The van der Waals surface area contributed by atoms with Gasteiger partial charge in [0.05, 0.1) is 5.25 Å². The molecule has 5 fully saturated rings. The number of allylic oxidation sites excluding steroid dienone is 3. The van der Waals surface area contributed by atoms with Gasteiger partial charge in [0.15, 0.2) is 0 Å². The molecule has 0 unspecified atom stereocenters. The summed E-state index contributed by atoms with van der Waals surface area (Å²) in [7, 11) is -8.71. The average Bonchev–Trinajstić information content (AvgIpc) is 3.38. The molecule has 6 rings (SSSR count). The van der Waals surface area contributed by atoms with Crippen molar-refractivity contribution in [2.75, 3.05) is 25.9 Å². The standard InChI is InChI=1S/C39H62F3NO5S2/c1-26(2)28-12-20-38(17-9-23-43-24-15-27(16-25-43)49(8,44)45)22-21-36(6)29(33(28)38)10-11-31-35(5)18-14-32(48-50(46,47)39(40,41)42)34(3,4)30(35)13-19-37(31,36)7/h14,27-31,33H,1,9-13,15-25H2,2-8H3/t28-,29+,30-,31+,33+,35-,36+,37+,38+/m0/s1. The summed E-state index contributed by atoms with van der Waals surface area (Å²) in [5.74, 6) is 2.01. The van der Waals surface area contributed by atoms with Gasteiger partial charge in [0.1, 0.15) is 15.6 Å². The van der Waals surface area contributed by atoms with Crippen molar-refractivity contribution in [2.45, 2.75) is 136 Å². The van der Waals surface area contributed by atoms with Gasteiger partial charge in [-0.1, -0.05) is 46.8 Å². The molecule has 50 heavy (non-hydrogen) atoms. The first-order valence-corrected chi connectivity index (χ1v) is 22.6. The molecule has 1 heterocycles. The maximum atomic E-state index is 13.4. The van der Waals surface area contributed by atoms with Crippen molar-refractivity contribution in [2.24, 2.45) is 56.7 Å². The summed E-state index contributed by atoms with van der Waals surface area (Å²) >= 11 is 0. The number of piperidine rings is 1. The van der Waals surface area contributed by atoms with E-state index in [9.17, 15) is 30.0 Å².